The Morgan fingerprint density at radius 3 is 2.74 bits per heavy atom. The Balaban J connectivity index is 2.54. The van der Waals surface area contributed by atoms with E-state index in [0.717, 1.165) is 5.56 Å². The third-order valence-electron chi connectivity index (χ3n) is 2.45. The normalized spacial score (nSPS) is 11.7. The van der Waals surface area contributed by atoms with E-state index < -0.39 is 6.04 Å². The fourth-order valence-corrected chi connectivity index (χ4v) is 1.61. The molecular formula is C13H19N3O3. The summed E-state index contributed by atoms with van der Waals surface area (Å²) >= 11 is 0. The van der Waals surface area contributed by atoms with E-state index in [4.69, 9.17) is 10.5 Å². The van der Waals surface area contributed by atoms with Crippen LogP contribution in [0.2, 0.25) is 0 Å². The number of nitrogens with two attached hydrogens (primary N) is 1. The Bertz CT molecular complexity index is 449. The average Bonchev–Trinajstić information content (AvgIpc) is 2.35. The van der Waals surface area contributed by atoms with E-state index in [2.05, 4.69) is 10.6 Å². The van der Waals surface area contributed by atoms with Crippen molar-refractivity contribution in [3.05, 3.63) is 29.8 Å². The van der Waals surface area contributed by atoms with E-state index in [1.807, 2.05) is 12.1 Å². The van der Waals surface area contributed by atoms with Gasteiger partial charge in [0.05, 0.1) is 6.61 Å². The minimum atomic E-state index is -0.691. The van der Waals surface area contributed by atoms with Crippen LogP contribution < -0.4 is 16.4 Å². The predicted molar refractivity (Wildman–Crippen MR) is 72.2 cm³/mol. The van der Waals surface area contributed by atoms with Crippen molar-refractivity contribution in [2.24, 2.45) is 0 Å². The zero-order valence-corrected chi connectivity index (χ0v) is 11.1. The molecule has 0 aliphatic heterocycles. The van der Waals surface area contributed by atoms with E-state index in [1.54, 1.807) is 12.1 Å². The molecule has 0 radical (unpaired) electrons. The summed E-state index contributed by atoms with van der Waals surface area (Å²) in [5.74, 6) is -0.569. The molecule has 6 nitrogen and oxygen atoms in total. The summed E-state index contributed by atoms with van der Waals surface area (Å²) in [6.07, 6.45) is 0. The van der Waals surface area contributed by atoms with Gasteiger partial charge < -0.3 is 21.1 Å². The molecule has 1 rings (SSSR count). The van der Waals surface area contributed by atoms with Crippen molar-refractivity contribution in [2.45, 2.75) is 19.5 Å². The number of carbonyl (C=O) groups excluding carboxylic acids is 2. The number of anilines is 1. The summed E-state index contributed by atoms with van der Waals surface area (Å²) in [6, 6.07) is 6.54. The lowest BCUT2D eigenvalue weighted by molar-refractivity contribution is -0.129. The fourth-order valence-electron chi connectivity index (χ4n) is 1.61. The summed E-state index contributed by atoms with van der Waals surface area (Å²) in [6.45, 7) is 1.83. The molecule has 0 aliphatic rings. The lowest BCUT2D eigenvalue weighted by Gasteiger charge is -2.16. The first kappa shape index (κ1) is 15.0. The largest absolute Gasteiger partial charge is 0.399 e. The number of nitrogen functional groups attached to an aromatic ring is 1. The molecule has 1 atom stereocenters. The molecular weight excluding hydrogens is 246 g/mol. The van der Waals surface area contributed by atoms with Crippen LogP contribution in [0.25, 0.3) is 0 Å². The predicted octanol–water partition coefficient (Wildman–Crippen LogP) is 0.0361. The van der Waals surface area contributed by atoms with E-state index in [9.17, 15) is 9.59 Å². The topological polar surface area (TPSA) is 93.4 Å². The van der Waals surface area contributed by atoms with Crippen molar-refractivity contribution in [1.82, 2.24) is 10.6 Å². The summed E-state index contributed by atoms with van der Waals surface area (Å²) < 4.78 is 4.90. The van der Waals surface area contributed by atoms with Gasteiger partial charge >= 0.3 is 0 Å². The van der Waals surface area contributed by atoms with Gasteiger partial charge in [-0.25, -0.2) is 0 Å². The van der Waals surface area contributed by atoms with Crippen molar-refractivity contribution in [3.63, 3.8) is 0 Å². The molecule has 0 heterocycles. The van der Waals surface area contributed by atoms with Gasteiger partial charge in [-0.05, 0) is 17.7 Å². The Morgan fingerprint density at radius 2 is 2.16 bits per heavy atom. The molecule has 0 spiro atoms. The van der Waals surface area contributed by atoms with Crippen LogP contribution in [-0.4, -0.2) is 31.6 Å². The SMILES string of the molecule is COC[C@H](NC(C)=O)C(=O)NCc1cccc(N)c1. The number of carbonyl (C=O) groups is 2. The van der Waals surface area contributed by atoms with Gasteiger partial charge in [0, 0.05) is 26.3 Å². The summed E-state index contributed by atoms with van der Waals surface area (Å²) in [4.78, 5) is 22.9. The minimum absolute atomic E-state index is 0.127. The highest BCUT2D eigenvalue weighted by atomic mass is 16.5. The quantitative estimate of drug-likeness (QED) is 0.633. The van der Waals surface area contributed by atoms with Crippen molar-refractivity contribution in [1.29, 1.82) is 0 Å². The lowest BCUT2D eigenvalue weighted by Crippen LogP contribution is -2.48. The van der Waals surface area contributed by atoms with E-state index in [-0.39, 0.29) is 18.4 Å². The standard InChI is InChI=1S/C13H19N3O3/c1-9(17)16-12(8-19-2)13(18)15-7-10-4-3-5-11(14)6-10/h3-6,12H,7-8,14H2,1-2H3,(H,15,18)(H,16,17)/t12-/m0/s1. The molecule has 0 aliphatic carbocycles. The van der Waals surface area contributed by atoms with Crippen LogP contribution in [0.4, 0.5) is 5.69 Å². The third kappa shape index (κ3) is 5.39. The molecule has 1 aromatic rings. The van der Waals surface area contributed by atoms with Crippen LogP contribution in [0.1, 0.15) is 12.5 Å². The molecule has 6 heteroatoms. The first-order chi connectivity index (χ1) is 9.02. The number of ether oxygens (including phenoxy) is 1. The first-order valence-corrected chi connectivity index (χ1v) is 5.91. The molecule has 0 saturated heterocycles. The molecule has 0 fully saturated rings. The van der Waals surface area contributed by atoms with E-state index in [1.165, 1.54) is 14.0 Å². The Kier molecular flexibility index (Phi) is 5.81. The summed E-state index contributed by atoms with van der Waals surface area (Å²) in [7, 11) is 1.47. The molecule has 104 valence electrons. The molecule has 1 aromatic carbocycles. The zero-order valence-electron chi connectivity index (χ0n) is 11.1. The van der Waals surface area contributed by atoms with E-state index >= 15 is 0 Å². The maximum absolute atomic E-state index is 11.9. The Morgan fingerprint density at radius 1 is 1.42 bits per heavy atom. The fraction of sp³-hybridized carbons (Fsp3) is 0.385. The highest BCUT2D eigenvalue weighted by Crippen LogP contribution is 2.05. The van der Waals surface area contributed by atoms with Gasteiger partial charge in [0.2, 0.25) is 11.8 Å². The second kappa shape index (κ2) is 7.38. The van der Waals surface area contributed by atoms with Crippen LogP contribution >= 0.6 is 0 Å². The van der Waals surface area contributed by atoms with Gasteiger partial charge in [-0.15, -0.1) is 0 Å². The Hall–Kier alpha value is -2.08. The Labute approximate surface area is 112 Å². The number of rotatable bonds is 6. The van der Waals surface area contributed by atoms with Gasteiger partial charge in [-0.2, -0.15) is 0 Å². The molecule has 0 unspecified atom stereocenters. The van der Waals surface area contributed by atoms with Crippen molar-refractivity contribution in [3.8, 4) is 0 Å². The zero-order chi connectivity index (χ0) is 14.3. The molecule has 2 amide bonds. The van der Waals surface area contributed by atoms with Crippen LogP contribution in [0.3, 0.4) is 0 Å². The van der Waals surface area contributed by atoms with Gasteiger partial charge in [-0.1, -0.05) is 12.1 Å². The van der Waals surface area contributed by atoms with Gasteiger partial charge in [-0.3, -0.25) is 9.59 Å². The van der Waals surface area contributed by atoms with E-state index in [0.29, 0.717) is 12.2 Å². The maximum atomic E-state index is 11.9. The molecule has 4 N–H and O–H groups in total. The monoisotopic (exact) mass is 265 g/mol. The molecule has 19 heavy (non-hydrogen) atoms. The number of hydrogen-bond acceptors (Lipinski definition) is 4. The maximum Gasteiger partial charge on any atom is 0.245 e. The van der Waals surface area contributed by atoms with Gasteiger partial charge in [0.15, 0.2) is 0 Å². The number of amides is 2. The average molecular weight is 265 g/mol. The second-order valence-electron chi connectivity index (χ2n) is 4.17. The van der Waals surface area contributed by atoms with Crippen LogP contribution in [0, 0.1) is 0 Å². The molecule has 0 aromatic heterocycles. The van der Waals surface area contributed by atoms with Crippen LogP contribution in [0.5, 0.6) is 0 Å². The first-order valence-electron chi connectivity index (χ1n) is 5.91. The lowest BCUT2D eigenvalue weighted by atomic mass is 10.2. The van der Waals surface area contributed by atoms with Crippen molar-refractivity contribution >= 4 is 17.5 Å². The number of benzene rings is 1. The van der Waals surface area contributed by atoms with Gasteiger partial charge in [0.25, 0.3) is 0 Å². The molecule has 0 saturated carbocycles. The van der Waals surface area contributed by atoms with Crippen molar-refractivity contribution < 1.29 is 14.3 Å². The third-order valence-corrected chi connectivity index (χ3v) is 2.45. The summed E-state index contributed by atoms with van der Waals surface area (Å²) in [5.41, 5.74) is 7.19. The van der Waals surface area contributed by atoms with Crippen molar-refractivity contribution in [2.75, 3.05) is 19.5 Å². The van der Waals surface area contributed by atoms with Crippen LogP contribution in [0.15, 0.2) is 24.3 Å². The summed E-state index contributed by atoms with van der Waals surface area (Å²) in [5, 5.41) is 5.25. The second-order valence-corrected chi connectivity index (χ2v) is 4.17. The highest BCUT2D eigenvalue weighted by Gasteiger charge is 2.18. The molecule has 0 bridgehead atoms. The number of methoxy groups -OCH3 is 1. The smallest absolute Gasteiger partial charge is 0.245 e. The van der Waals surface area contributed by atoms with Crippen LogP contribution in [-0.2, 0) is 20.9 Å². The van der Waals surface area contributed by atoms with Gasteiger partial charge in [0.1, 0.15) is 6.04 Å². The number of nitrogens with one attached hydrogen (secondary N) is 2. The number of hydrogen-bond donors (Lipinski definition) is 3. The highest BCUT2D eigenvalue weighted by molar-refractivity contribution is 5.86. The minimum Gasteiger partial charge on any atom is -0.399 e.